The third-order valence-corrected chi connectivity index (χ3v) is 3.49. The summed E-state index contributed by atoms with van der Waals surface area (Å²) in [5.41, 5.74) is 0. The van der Waals surface area contributed by atoms with E-state index in [1.54, 1.807) is 0 Å². The Hall–Kier alpha value is -0.590. The number of hydrogen-bond acceptors (Lipinski definition) is 3. The van der Waals surface area contributed by atoms with Crippen LogP contribution in [0.15, 0.2) is 0 Å². The third-order valence-electron chi connectivity index (χ3n) is 3.49. The number of nitrogens with zero attached hydrogens (tertiary/aromatic N) is 2. The highest BCUT2D eigenvalue weighted by atomic mass is 15.2. The third kappa shape index (κ3) is 4.11. The van der Waals surface area contributed by atoms with Crippen LogP contribution in [0.1, 0.15) is 39.5 Å². The molecule has 0 saturated carbocycles. The van der Waals surface area contributed by atoms with Crippen LogP contribution in [-0.2, 0) is 0 Å². The van der Waals surface area contributed by atoms with Gasteiger partial charge in [0.15, 0.2) is 0 Å². The molecule has 3 heteroatoms. The molecule has 0 bridgehead atoms. The first kappa shape index (κ1) is 13.5. The van der Waals surface area contributed by atoms with Crippen molar-refractivity contribution in [2.45, 2.75) is 45.6 Å². The van der Waals surface area contributed by atoms with E-state index in [-0.39, 0.29) is 6.04 Å². The molecule has 1 atom stereocenters. The first-order valence-electron chi connectivity index (χ1n) is 6.66. The van der Waals surface area contributed by atoms with Crippen molar-refractivity contribution in [2.24, 2.45) is 5.92 Å². The zero-order valence-electron chi connectivity index (χ0n) is 10.7. The molecular formula is C13H25N3. The number of nitriles is 1. The number of hydrogen-bond donors (Lipinski definition) is 1. The van der Waals surface area contributed by atoms with Gasteiger partial charge in [-0.2, -0.15) is 5.26 Å². The second kappa shape index (κ2) is 7.65. The lowest BCUT2D eigenvalue weighted by Gasteiger charge is -2.34. The van der Waals surface area contributed by atoms with Crippen molar-refractivity contribution in [2.75, 3.05) is 26.2 Å². The minimum Gasteiger partial charge on any atom is -0.316 e. The lowest BCUT2D eigenvalue weighted by Crippen LogP contribution is -2.42. The molecule has 1 heterocycles. The van der Waals surface area contributed by atoms with E-state index in [9.17, 15) is 0 Å². The molecule has 1 saturated heterocycles. The Bertz CT molecular complexity index is 214. The lowest BCUT2D eigenvalue weighted by atomic mass is 9.95. The number of rotatable bonds is 6. The molecule has 0 radical (unpaired) electrons. The zero-order valence-corrected chi connectivity index (χ0v) is 10.7. The Morgan fingerprint density at radius 2 is 2.06 bits per heavy atom. The molecule has 1 aliphatic rings. The summed E-state index contributed by atoms with van der Waals surface area (Å²) in [4.78, 5) is 2.34. The average Bonchev–Trinajstić information content (AvgIpc) is 2.33. The molecule has 1 aliphatic heterocycles. The van der Waals surface area contributed by atoms with Crippen molar-refractivity contribution >= 4 is 0 Å². The van der Waals surface area contributed by atoms with E-state index in [1.165, 1.54) is 19.3 Å². The maximum absolute atomic E-state index is 9.01. The van der Waals surface area contributed by atoms with Crippen LogP contribution < -0.4 is 5.32 Å². The topological polar surface area (TPSA) is 39.1 Å². The number of piperidine rings is 1. The molecular weight excluding hydrogens is 198 g/mol. The molecule has 0 aromatic rings. The predicted molar refractivity (Wildman–Crippen MR) is 67.1 cm³/mol. The molecule has 0 aromatic carbocycles. The smallest absolute Gasteiger partial charge is 0.0975 e. The molecule has 3 nitrogen and oxygen atoms in total. The van der Waals surface area contributed by atoms with Gasteiger partial charge >= 0.3 is 0 Å². The average molecular weight is 223 g/mol. The van der Waals surface area contributed by atoms with Crippen molar-refractivity contribution in [1.29, 1.82) is 5.26 Å². The largest absolute Gasteiger partial charge is 0.316 e. The van der Waals surface area contributed by atoms with E-state index >= 15 is 0 Å². The van der Waals surface area contributed by atoms with Gasteiger partial charge in [-0.15, -0.1) is 0 Å². The maximum Gasteiger partial charge on any atom is 0.0975 e. The summed E-state index contributed by atoms with van der Waals surface area (Å²) < 4.78 is 0. The molecule has 1 N–H and O–H groups in total. The van der Waals surface area contributed by atoms with Crippen molar-refractivity contribution in [3.8, 4) is 6.07 Å². The Kier molecular flexibility index (Phi) is 6.44. The van der Waals surface area contributed by atoms with Gasteiger partial charge in [0.2, 0.25) is 0 Å². The summed E-state index contributed by atoms with van der Waals surface area (Å²) in [6.45, 7) is 8.80. The number of nitrogens with one attached hydrogen (secondary N) is 1. The highest BCUT2D eigenvalue weighted by molar-refractivity contribution is 4.92. The second-order valence-corrected chi connectivity index (χ2v) is 4.74. The van der Waals surface area contributed by atoms with Gasteiger partial charge in [-0.3, -0.25) is 4.90 Å². The van der Waals surface area contributed by atoms with Gasteiger partial charge in [-0.1, -0.05) is 13.8 Å². The van der Waals surface area contributed by atoms with Crippen LogP contribution in [0, 0.1) is 17.2 Å². The molecule has 1 unspecified atom stereocenters. The van der Waals surface area contributed by atoms with E-state index in [0.29, 0.717) is 0 Å². The summed E-state index contributed by atoms with van der Waals surface area (Å²) in [6.07, 6.45) is 4.66. The molecule has 92 valence electrons. The highest BCUT2D eigenvalue weighted by Gasteiger charge is 2.23. The highest BCUT2D eigenvalue weighted by Crippen LogP contribution is 2.19. The Morgan fingerprint density at radius 3 is 2.56 bits per heavy atom. The van der Waals surface area contributed by atoms with E-state index in [4.69, 9.17) is 5.26 Å². The standard InChI is InChI=1S/C13H25N3/c1-3-7-15-11-12-5-8-16(9-6-12)13(4-2)10-14/h12-13,15H,3-9,11H2,1-2H3. The molecule has 0 aromatic heterocycles. The van der Waals surface area contributed by atoms with E-state index in [0.717, 1.165) is 38.5 Å². The summed E-state index contributed by atoms with van der Waals surface area (Å²) in [7, 11) is 0. The van der Waals surface area contributed by atoms with Gasteiger partial charge in [-0.05, 0) is 57.8 Å². The molecule has 0 aliphatic carbocycles. The fourth-order valence-electron chi connectivity index (χ4n) is 2.38. The summed E-state index contributed by atoms with van der Waals surface area (Å²) >= 11 is 0. The molecule has 1 rings (SSSR count). The van der Waals surface area contributed by atoms with Gasteiger partial charge in [0.1, 0.15) is 0 Å². The summed E-state index contributed by atoms with van der Waals surface area (Å²) in [5.74, 6) is 0.819. The molecule has 1 fully saturated rings. The van der Waals surface area contributed by atoms with Crippen LogP contribution >= 0.6 is 0 Å². The quantitative estimate of drug-likeness (QED) is 0.700. The van der Waals surface area contributed by atoms with Crippen molar-refractivity contribution in [3.63, 3.8) is 0 Å². The van der Waals surface area contributed by atoms with E-state index in [2.05, 4.69) is 30.1 Å². The molecule has 16 heavy (non-hydrogen) atoms. The fourth-order valence-corrected chi connectivity index (χ4v) is 2.38. The predicted octanol–water partition coefficient (Wildman–Crippen LogP) is 2.00. The van der Waals surface area contributed by atoms with Crippen molar-refractivity contribution < 1.29 is 0 Å². The minimum absolute atomic E-state index is 0.143. The van der Waals surface area contributed by atoms with Crippen LogP contribution in [0.3, 0.4) is 0 Å². The van der Waals surface area contributed by atoms with Crippen LogP contribution in [-0.4, -0.2) is 37.1 Å². The van der Waals surface area contributed by atoms with Gasteiger partial charge in [0.05, 0.1) is 12.1 Å². The van der Waals surface area contributed by atoms with Gasteiger partial charge in [0.25, 0.3) is 0 Å². The minimum atomic E-state index is 0.143. The Balaban J connectivity index is 2.20. The molecule has 0 amide bonds. The summed E-state index contributed by atoms with van der Waals surface area (Å²) in [5, 5.41) is 12.5. The normalized spacial score (nSPS) is 20.6. The van der Waals surface area contributed by atoms with Crippen molar-refractivity contribution in [3.05, 3.63) is 0 Å². The lowest BCUT2D eigenvalue weighted by molar-refractivity contribution is 0.154. The van der Waals surface area contributed by atoms with Crippen LogP contribution in [0.5, 0.6) is 0 Å². The Morgan fingerprint density at radius 1 is 1.38 bits per heavy atom. The van der Waals surface area contributed by atoms with Gasteiger partial charge < -0.3 is 5.32 Å². The maximum atomic E-state index is 9.01. The first-order chi connectivity index (χ1) is 7.81. The first-order valence-corrected chi connectivity index (χ1v) is 6.66. The van der Waals surface area contributed by atoms with Crippen LogP contribution in [0.2, 0.25) is 0 Å². The van der Waals surface area contributed by atoms with Crippen LogP contribution in [0.4, 0.5) is 0 Å². The Labute approximate surface area is 99.8 Å². The SMILES string of the molecule is CCCNCC1CCN(C(C#N)CC)CC1. The van der Waals surface area contributed by atoms with Crippen molar-refractivity contribution in [1.82, 2.24) is 10.2 Å². The van der Waals surface area contributed by atoms with Gasteiger partial charge in [0, 0.05) is 0 Å². The fraction of sp³-hybridized carbons (Fsp3) is 0.923. The second-order valence-electron chi connectivity index (χ2n) is 4.74. The monoisotopic (exact) mass is 223 g/mol. The number of likely N-dealkylation sites (tertiary alicyclic amines) is 1. The van der Waals surface area contributed by atoms with E-state index < -0.39 is 0 Å². The van der Waals surface area contributed by atoms with Gasteiger partial charge in [-0.25, -0.2) is 0 Å². The van der Waals surface area contributed by atoms with E-state index in [1.807, 2.05) is 0 Å². The zero-order chi connectivity index (χ0) is 11.8. The molecule has 0 spiro atoms. The van der Waals surface area contributed by atoms with Crippen LogP contribution in [0.25, 0.3) is 0 Å². The summed E-state index contributed by atoms with van der Waals surface area (Å²) in [6, 6.07) is 2.54.